The summed E-state index contributed by atoms with van der Waals surface area (Å²) in [6, 6.07) is 0. The Labute approximate surface area is 67.6 Å². The van der Waals surface area contributed by atoms with Gasteiger partial charge in [0.1, 0.15) is 0 Å². The molecule has 0 aliphatic carbocycles. The smallest absolute Gasteiger partial charge is 0.194 e. The molecule has 64 valence electrons. The van der Waals surface area contributed by atoms with Crippen molar-refractivity contribution < 1.29 is 4.84 Å². The van der Waals surface area contributed by atoms with E-state index in [-0.39, 0.29) is 5.41 Å². The van der Waals surface area contributed by atoms with Crippen LogP contribution in [0, 0.1) is 5.41 Å². The summed E-state index contributed by atoms with van der Waals surface area (Å²) in [7, 11) is 0. The number of hydrogen-bond donors (Lipinski definition) is 1. The lowest BCUT2D eigenvalue weighted by molar-refractivity contribution is -0.0584. The molecule has 0 aromatic rings. The number of nitrogens with zero attached hydrogens (tertiary/aromatic N) is 1. The fourth-order valence-corrected chi connectivity index (χ4v) is 1.33. The molecule has 1 heterocycles. The molecule has 0 radical (unpaired) electrons. The van der Waals surface area contributed by atoms with E-state index in [1.165, 1.54) is 0 Å². The molecule has 2 unspecified atom stereocenters. The molecule has 0 amide bonds. The minimum atomic E-state index is -0.633. The molecule has 0 saturated heterocycles. The number of oxime groups is 1. The summed E-state index contributed by atoms with van der Waals surface area (Å²) in [5.41, 5.74) is 6.17. The van der Waals surface area contributed by atoms with Gasteiger partial charge in [-0.3, -0.25) is 5.73 Å². The highest BCUT2D eigenvalue weighted by atomic mass is 16.7. The van der Waals surface area contributed by atoms with Gasteiger partial charge in [0.25, 0.3) is 0 Å². The summed E-state index contributed by atoms with van der Waals surface area (Å²) in [6.45, 7) is 8.01. The topological polar surface area (TPSA) is 47.6 Å². The van der Waals surface area contributed by atoms with Crippen LogP contribution in [0.1, 0.15) is 34.1 Å². The molecule has 1 rings (SSSR count). The van der Waals surface area contributed by atoms with Crippen molar-refractivity contribution in [2.75, 3.05) is 0 Å². The number of hydrogen-bond acceptors (Lipinski definition) is 3. The van der Waals surface area contributed by atoms with E-state index in [0.717, 1.165) is 12.1 Å². The van der Waals surface area contributed by atoms with Crippen molar-refractivity contribution in [3.05, 3.63) is 0 Å². The van der Waals surface area contributed by atoms with Gasteiger partial charge in [0.05, 0.1) is 11.1 Å². The lowest BCUT2D eigenvalue weighted by Crippen LogP contribution is -2.52. The molecule has 2 N–H and O–H groups in total. The highest BCUT2D eigenvalue weighted by Crippen LogP contribution is 2.39. The van der Waals surface area contributed by atoms with Gasteiger partial charge >= 0.3 is 0 Å². The second-order valence-electron chi connectivity index (χ2n) is 3.56. The maximum atomic E-state index is 5.92. The molecule has 0 aromatic heterocycles. The Morgan fingerprint density at radius 1 is 1.55 bits per heavy atom. The van der Waals surface area contributed by atoms with Crippen LogP contribution in [0.3, 0.4) is 0 Å². The largest absolute Gasteiger partial charge is 0.373 e. The molecular weight excluding hydrogens is 140 g/mol. The fraction of sp³-hybridized carbons (Fsp3) is 0.875. The van der Waals surface area contributed by atoms with Crippen LogP contribution in [0.4, 0.5) is 0 Å². The maximum absolute atomic E-state index is 5.92. The fourth-order valence-electron chi connectivity index (χ4n) is 1.33. The van der Waals surface area contributed by atoms with Crippen molar-refractivity contribution in [2.24, 2.45) is 16.3 Å². The molecule has 1 aliphatic heterocycles. The highest BCUT2D eigenvalue weighted by molar-refractivity contribution is 5.89. The molecule has 0 aromatic carbocycles. The van der Waals surface area contributed by atoms with Gasteiger partial charge in [-0.15, -0.1) is 0 Å². The van der Waals surface area contributed by atoms with Crippen molar-refractivity contribution >= 4 is 5.71 Å². The van der Waals surface area contributed by atoms with E-state index in [4.69, 9.17) is 10.6 Å². The van der Waals surface area contributed by atoms with Gasteiger partial charge in [0.2, 0.25) is 0 Å². The van der Waals surface area contributed by atoms with Gasteiger partial charge in [-0.1, -0.05) is 12.1 Å². The third-order valence-corrected chi connectivity index (χ3v) is 2.97. The summed E-state index contributed by atoms with van der Waals surface area (Å²) in [5.74, 6) is 0. The Balaban J connectivity index is 2.98. The average Bonchev–Trinajstić information content (AvgIpc) is 2.15. The molecule has 2 atom stereocenters. The van der Waals surface area contributed by atoms with Crippen molar-refractivity contribution in [1.82, 2.24) is 0 Å². The predicted octanol–water partition coefficient (Wildman–Crippen LogP) is 1.48. The predicted molar refractivity (Wildman–Crippen MR) is 45.2 cm³/mol. The normalized spacial score (nSPS) is 43.5. The molecular formula is C8H16N2O. The summed E-state index contributed by atoms with van der Waals surface area (Å²) in [6.07, 6.45) is 0.954. The maximum Gasteiger partial charge on any atom is 0.194 e. The van der Waals surface area contributed by atoms with E-state index in [2.05, 4.69) is 19.0 Å². The van der Waals surface area contributed by atoms with Crippen molar-refractivity contribution in [2.45, 2.75) is 39.8 Å². The quantitative estimate of drug-likeness (QED) is 0.625. The van der Waals surface area contributed by atoms with E-state index in [9.17, 15) is 0 Å². The number of nitrogens with two attached hydrogens (primary N) is 1. The second kappa shape index (κ2) is 2.21. The molecule has 1 aliphatic rings. The van der Waals surface area contributed by atoms with Gasteiger partial charge in [-0.25, -0.2) is 0 Å². The highest BCUT2D eigenvalue weighted by Gasteiger charge is 2.49. The summed E-state index contributed by atoms with van der Waals surface area (Å²) in [5, 5.41) is 3.90. The van der Waals surface area contributed by atoms with Crippen LogP contribution >= 0.6 is 0 Å². The third-order valence-electron chi connectivity index (χ3n) is 2.97. The van der Waals surface area contributed by atoms with Crippen LogP contribution in [-0.4, -0.2) is 11.4 Å². The van der Waals surface area contributed by atoms with Crippen LogP contribution in [0.5, 0.6) is 0 Å². The minimum Gasteiger partial charge on any atom is -0.373 e. The van der Waals surface area contributed by atoms with Crippen LogP contribution in [-0.2, 0) is 4.84 Å². The standard InChI is InChI=1S/C8H16N2O/c1-5-7(3)6(2)10-11-8(7,4)9/h5,9H2,1-4H3. The third kappa shape index (κ3) is 0.948. The Bertz CT molecular complexity index is 198. The van der Waals surface area contributed by atoms with Crippen LogP contribution in [0.25, 0.3) is 0 Å². The summed E-state index contributed by atoms with van der Waals surface area (Å²) in [4.78, 5) is 5.12. The summed E-state index contributed by atoms with van der Waals surface area (Å²) < 4.78 is 0. The van der Waals surface area contributed by atoms with E-state index >= 15 is 0 Å². The monoisotopic (exact) mass is 156 g/mol. The first-order chi connectivity index (χ1) is 4.94. The Morgan fingerprint density at radius 2 is 2.09 bits per heavy atom. The van der Waals surface area contributed by atoms with E-state index < -0.39 is 5.72 Å². The van der Waals surface area contributed by atoms with Crippen molar-refractivity contribution in [3.63, 3.8) is 0 Å². The first-order valence-corrected chi connectivity index (χ1v) is 3.96. The van der Waals surface area contributed by atoms with Gasteiger partial charge in [0, 0.05) is 0 Å². The van der Waals surface area contributed by atoms with Crippen molar-refractivity contribution in [1.29, 1.82) is 0 Å². The molecule has 0 fully saturated rings. The second-order valence-corrected chi connectivity index (χ2v) is 3.56. The van der Waals surface area contributed by atoms with E-state index in [1.54, 1.807) is 0 Å². The molecule has 0 bridgehead atoms. The van der Waals surface area contributed by atoms with Gasteiger partial charge in [0.15, 0.2) is 5.72 Å². The van der Waals surface area contributed by atoms with Crippen LogP contribution < -0.4 is 5.73 Å². The zero-order valence-electron chi connectivity index (χ0n) is 7.64. The lowest BCUT2D eigenvalue weighted by atomic mass is 9.75. The molecule has 0 saturated carbocycles. The van der Waals surface area contributed by atoms with Gasteiger partial charge < -0.3 is 4.84 Å². The van der Waals surface area contributed by atoms with E-state index in [1.807, 2.05) is 13.8 Å². The van der Waals surface area contributed by atoms with Crippen molar-refractivity contribution in [3.8, 4) is 0 Å². The Morgan fingerprint density at radius 3 is 2.27 bits per heavy atom. The molecule has 3 heteroatoms. The average molecular weight is 156 g/mol. The number of rotatable bonds is 1. The zero-order valence-corrected chi connectivity index (χ0v) is 7.64. The van der Waals surface area contributed by atoms with Gasteiger partial charge in [-0.2, -0.15) is 0 Å². The molecule has 3 nitrogen and oxygen atoms in total. The SMILES string of the molecule is CCC1(C)C(C)=NOC1(C)N. The van der Waals surface area contributed by atoms with E-state index in [0.29, 0.717) is 0 Å². The van der Waals surface area contributed by atoms with Crippen LogP contribution in [0.2, 0.25) is 0 Å². The lowest BCUT2D eigenvalue weighted by Gasteiger charge is -2.33. The first kappa shape index (κ1) is 8.53. The Kier molecular flexibility index (Phi) is 1.71. The zero-order chi connectivity index (χ0) is 8.70. The minimum absolute atomic E-state index is 0.104. The van der Waals surface area contributed by atoms with Gasteiger partial charge in [-0.05, 0) is 27.2 Å². The van der Waals surface area contributed by atoms with Crippen LogP contribution in [0.15, 0.2) is 5.16 Å². The summed E-state index contributed by atoms with van der Waals surface area (Å²) >= 11 is 0. The molecule has 0 spiro atoms. The first-order valence-electron chi connectivity index (χ1n) is 3.96. The molecule has 11 heavy (non-hydrogen) atoms. The Hall–Kier alpha value is -0.570.